The highest BCUT2D eigenvalue weighted by Crippen LogP contribution is 2.37. The van der Waals surface area contributed by atoms with Crippen LogP contribution in [0.25, 0.3) is 0 Å². The number of halogens is 8. The Morgan fingerprint density at radius 2 is 1.76 bits per heavy atom. The van der Waals surface area contributed by atoms with E-state index in [0.29, 0.717) is 0 Å². The van der Waals surface area contributed by atoms with Crippen molar-refractivity contribution in [1.29, 1.82) is 0 Å². The lowest BCUT2D eigenvalue weighted by molar-refractivity contribution is -0.276. The van der Waals surface area contributed by atoms with Gasteiger partial charge in [-0.05, 0) is 6.07 Å². The van der Waals surface area contributed by atoms with Gasteiger partial charge in [-0.3, -0.25) is 0 Å². The first-order valence-electron chi connectivity index (χ1n) is 4.63. The molecule has 4 nitrogen and oxygen atoms in total. The Hall–Kier alpha value is -0.750. The van der Waals surface area contributed by atoms with E-state index in [1.807, 2.05) is 0 Å². The van der Waals surface area contributed by atoms with E-state index in [9.17, 15) is 34.8 Å². The van der Waals surface area contributed by atoms with E-state index in [1.54, 1.807) is 0 Å². The van der Waals surface area contributed by atoms with Crippen molar-refractivity contribution in [3.63, 3.8) is 0 Å². The first-order valence-corrected chi connectivity index (χ1v) is 8.06. The van der Waals surface area contributed by atoms with E-state index in [-0.39, 0.29) is 6.07 Å². The van der Waals surface area contributed by atoms with Crippen molar-refractivity contribution >= 4 is 35.7 Å². The summed E-state index contributed by atoms with van der Waals surface area (Å²) < 4.78 is 100.0. The second kappa shape index (κ2) is 5.80. The molecule has 0 aliphatic carbocycles. The van der Waals surface area contributed by atoms with Gasteiger partial charge in [0.2, 0.25) is 5.88 Å². The first kappa shape index (κ1) is 18.3. The zero-order chi connectivity index (χ0) is 16.6. The maximum absolute atomic E-state index is 12.6. The monoisotopic (exact) mass is 421 g/mol. The average Bonchev–Trinajstić information content (AvgIpc) is 2.23. The van der Waals surface area contributed by atoms with Gasteiger partial charge in [0.1, 0.15) is 5.69 Å². The van der Waals surface area contributed by atoms with E-state index in [2.05, 4.69) is 25.7 Å². The fourth-order valence-electron chi connectivity index (χ4n) is 1.21. The van der Waals surface area contributed by atoms with Gasteiger partial charge >= 0.3 is 12.5 Å². The molecule has 0 aliphatic heterocycles. The fourth-order valence-corrected chi connectivity index (χ4v) is 3.05. The highest BCUT2D eigenvalue weighted by atomic mass is 79.9. The van der Waals surface area contributed by atoms with Crippen LogP contribution in [0.15, 0.2) is 11.0 Å². The van der Waals surface area contributed by atoms with Gasteiger partial charge in [-0.1, -0.05) is 15.9 Å². The number of ether oxygens (including phenoxy) is 1. The van der Waals surface area contributed by atoms with Crippen LogP contribution in [-0.2, 0) is 20.6 Å². The van der Waals surface area contributed by atoms with Gasteiger partial charge in [0, 0.05) is 21.6 Å². The second-order valence-corrected chi connectivity index (χ2v) is 6.50. The predicted molar refractivity (Wildman–Crippen MR) is 61.6 cm³/mol. The van der Waals surface area contributed by atoms with Crippen molar-refractivity contribution in [3.05, 3.63) is 17.3 Å². The lowest BCUT2D eigenvalue weighted by Gasteiger charge is -2.16. The van der Waals surface area contributed by atoms with Crippen LogP contribution in [0.1, 0.15) is 11.3 Å². The third kappa shape index (κ3) is 4.88. The van der Waals surface area contributed by atoms with E-state index in [0.717, 1.165) is 0 Å². The third-order valence-electron chi connectivity index (χ3n) is 1.94. The maximum Gasteiger partial charge on any atom is 0.574 e. The number of alkyl halides is 7. The van der Waals surface area contributed by atoms with Crippen LogP contribution in [0.3, 0.4) is 0 Å². The van der Waals surface area contributed by atoms with Crippen LogP contribution in [0, 0.1) is 0 Å². The minimum absolute atomic E-state index is 0.0299. The molecule has 0 bridgehead atoms. The second-order valence-electron chi connectivity index (χ2n) is 3.41. The summed E-state index contributed by atoms with van der Waals surface area (Å²) in [4.78, 5) is 1.48. The molecule has 1 aromatic rings. The van der Waals surface area contributed by atoms with Gasteiger partial charge in [-0.2, -0.15) is 13.2 Å². The Kier molecular flexibility index (Phi) is 5.05. The number of aromatic nitrogens is 1. The van der Waals surface area contributed by atoms with Crippen LogP contribution < -0.4 is 4.74 Å². The van der Waals surface area contributed by atoms with Crippen molar-refractivity contribution in [3.8, 4) is 5.88 Å². The zero-order valence-electron chi connectivity index (χ0n) is 9.39. The van der Waals surface area contributed by atoms with Gasteiger partial charge in [-0.25, -0.2) is 13.4 Å². The van der Waals surface area contributed by atoms with Crippen LogP contribution in [-0.4, -0.2) is 19.8 Å². The molecule has 1 rings (SSSR count). The van der Waals surface area contributed by atoms with E-state index >= 15 is 0 Å². The number of nitrogens with zero attached hydrogens (tertiary/aromatic N) is 1. The summed E-state index contributed by atoms with van der Waals surface area (Å²) in [6.07, 6.45) is -10.5. The topological polar surface area (TPSA) is 56.3 Å². The molecule has 1 heterocycles. The summed E-state index contributed by atoms with van der Waals surface area (Å²) in [6.45, 7) is 0. The molecule has 13 heteroatoms. The molecule has 0 saturated heterocycles. The molecule has 0 atom stereocenters. The minimum atomic E-state index is -5.36. The van der Waals surface area contributed by atoms with E-state index in [1.165, 1.54) is 0 Å². The Balaban J connectivity index is 3.68. The van der Waals surface area contributed by atoms with E-state index < -0.39 is 49.0 Å². The van der Waals surface area contributed by atoms with Crippen LogP contribution >= 0.6 is 26.6 Å². The molecule has 0 saturated carbocycles. The van der Waals surface area contributed by atoms with Crippen LogP contribution in [0.4, 0.5) is 26.3 Å². The minimum Gasteiger partial charge on any atom is -0.387 e. The Morgan fingerprint density at radius 3 is 2.10 bits per heavy atom. The largest absolute Gasteiger partial charge is 0.574 e. The smallest absolute Gasteiger partial charge is 0.387 e. The van der Waals surface area contributed by atoms with Crippen molar-refractivity contribution in [1.82, 2.24) is 4.98 Å². The lowest BCUT2D eigenvalue weighted by Crippen LogP contribution is -2.21. The molecule has 0 radical (unpaired) electrons. The van der Waals surface area contributed by atoms with Gasteiger partial charge in [0.05, 0.1) is 4.90 Å². The Bertz CT molecular complexity index is 645. The summed E-state index contributed by atoms with van der Waals surface area (Å²) in [5, 5.41) is -0.579. The highest BCUT2D eigenvalue weighted by Gasteiger charge is 2.39. The summed E-state index contributed by atoms with van der Waals surface area (Å²) in [7, 11) is 0.176. The summed E-state index contributed by atoms with van der Waals surface area (Å²) >= 11 is 2.64. The quantitative estimate of drug-likeness (QED) is 0.422. The molecular weight excluding hydrogens is 420 g/mol. The fraction of sp³-hybridized carbons (Fsp3) is 0.375. The first-order chi connectivity index (χ1) is 9.25. The van der Waals surface area contributed by atoms with Gasteiger partial charge < -0.3 is 4.74 Å². The molecule has 0 aliphatic rings. The lowest BCUT2D eigenvalue weighted by atomic mass is 10.2. The number of hydrogen-bond donors (Lipinski definition) is 0. The van der Waals surface area contributed by atoms with Gasteiger partial charge in [0.15, 0.2) is 0 Å². The summed E-state index contributed by atoms with van der Waals surface area (Å²) in [5.41, 5.74) is -2.67. The SMILES string of the molecule is O=S(=O)(Cl)c1cc(C(F)(F)F)nc(OC(F)(F)F)c1CBr. The average molecular weight is 423 g/mol. The highest BCUT2D eigenvalue weighted by molar-refractivity contribution is 9.08. The predicted octanol–water partition coefficient (Wildman–Crippen LogP) is 3.82. The normalized spacial score (nSPS) is 13.3. The number of rotatable bonds is 3. The molecule has 0 unspecified atom stereocenters. The molecule has 0 spiro atoms. The Morgan fingerprint density at radius 1 is 1.24 bits per heavy atom. The molecule has 0 N–H and O–H groups in total. The van der Waals surface area contributed by atoms with Crippen molar-refractivity contribution in [2.45, 2.75) is 22.8 Å². The maximum atomic E-state index is 12.6. The van der Waals surface area contributed by atoms with Crippen molar-refractivity contribution in [2.24, 2.45) is 0 Å². The summed E-state index contributed by atoms with van der Waals surface area (Å²) in [5.74, 6) is -1.55. The van der Waals surface area contributed by atoms with Crippen molar-refractivity contribution in [2.75, 3.05) is 0 Å². The standard InChI is InChI=1S/C8H3BrClF6NO3S/c9-2-3-4(21(10,18)19)1-5(7(11,12)13)17-6(3)20-8(14,15)16/h1H,2H2. The molecule has 0 amide bonds. The van der Waals surface area contributed by atoms with Gasteiger partial charge in [0.25, 0.3) is 9.05 Å². The molecule has 0 aromatic carbocycles. The third-order valence-corrected chi connectivity index (χ3v) is 3.89. The Labute approximate surface area is 126 Å². The van der Waals surface area contributed by atoms with Crippen LogP contribution in [0.5, 0.6) is 5.88 Å². The van der Waals surface area contributed by atoms with Crippen molar-refractivity contribution < 1.29 is 39.5 Å². The molecule has 0 fully saturated rings. The zero-order valence-corrected chi connectivity index (χ0v) is 12.5. The molecule has 1 aromatic heterocycles. The molecule has 120 valence electrons. The van der Waals surface area contributed by atoms with E-state index in [4.69, 9.17) is 10.7 Å². The molecule has 21 heavy (non-hydrogen) atoms. The van der Waals surface area contributed by atoms with Gasteiger partial charge in [-0.15, -0.1) is 13.2 Å². The summed E-state index contributed by atoms with van der Waals surface area (Å²) in [6, 6.07) is 0.0299. The number of pyridine rings is 1. The van der Waals surface area contributed by atoms with Crippen LogP contribution in [0.2, 0.25) is 0 Å². The number of hydrogen-bond acceptors (Lipinski definition) is 4. The molecular formula is C8H3BrClF6NO3S.